The van der Waals surface area contributed by atoms with Crippen LogP contribution in [0.4, 0.5) is 0 Å². The highest BCUT2D eigenvalue weighted by Gasteiger charge is 2.15. The molecular weight excluding hydrogens is 368 g/mol. The lowest BCUT2D eigenvalue weighted by Crippen LogP contribution is -2.31. The monoisotopic (exact) mass is 386 g/mol. The lowest BCUT2D eigenvalue weighted by Gasteiger charge is -2.14. The Kier molecular flexibility index (Phi) is 5.71. The topological polar surface area (TPSA) is 86.1 Å². The molecule has 1 heterocycles. The Morgan fingerprint density at radius 1 is 1.26 bits per heavy atom. The number of esters is 1. The van der Waals surface area contributed by atoms with E-state index >= 15 is 0 Å². The van der Waals surface area contributed by atoms with E-state index in [2.05, 4.69) is 15.6 Å². The van der Waals surface area contributed by atoms with Gasteiger partial charge in [0.05, 0.1) is 17.1 Å². The second-order valence-corrected chi connectivity index (χ2v) is 6.47. The standard InChI is InChI=1S/C19H19ClN4O3/c1-3-24-17-8-7-14(10-16(17)22-23-24)19(26)27-11-18(25)21-12(2)13-5-4-6-15(20)9-13/h4-10,12H,3,11H2,1-2H3,(H,21,25). The maximum atomic E-state index is 12.2. The molecule has 0 aliphatic carbocycles. The summed E-state index contributed by atoms with van der Waals surface area (Å²) in [6, 6.07) is 11.9. The van der Waals surface area contributed by atoms with Crippen LogP contribution in [0.25, 0.3) is 11.0 Å². The van der Waals surface area contributed by atoms with Crippen LogP contribution in [0.1, 0.15) is 35.8 Å². The first-order valence-electron chi connectivity index (χ1n) is 8.53. The molecule has 8 heteroatoms. The summed E-state index contributed by atoms with van der Waals surface area (Å²) in [5.74, 6) is -0.984. The SMILES string of the molecule is CCn1nnc2cc(C(=O)OCC(=O)NC(C)c3cccc(Cl)c3)ccc21. The zero-order valence-corrected chi connectivity index (χ0v) is 15.7. The second-order valence-electron chi connectivity index (χ2n) is 6.03. The van der Waals surface area contributed by atoms with Crippen molar-refractivity contribution in [3.63, 3.8) is 0 Å². The van der Waals surface area contributed by atoms with Crippen LogP contribution >= 0.6 is 11.6 Å². The number of nitrogens with one attached hydrogen (secondary N) is 1. The van der Waals surface area contributed by atoms with Crippen LogP contribution in [0.2, 0.25) is 5.02 Å². The Balaban J connectivity index is 1.57. The summed E-state index contributed by atoms with van der Waals surface area (Å²) in [6.45, 7) is 4.10. The molecule has 1 unspecified atom stereocenters. The molecule has 0 saturated heterocycles. The van der Waals surface area contributed by atoms with Crippen molar-refractivity contribution >= 4 is 34.5 Å². The maximum absolute atomic E-state index is 12.2. The van der Waals surface area contributed by atoms with Gasteiger partial charge in [0.25, 0.3) is 5.91 Å². The minimum Gasteiger partial charge on any atom is -0.452 e. The molecule has 1 N–H and O–H groups in total. The third kappa shape index (κ3) is 4.43. The van der Waals surface area contributed by atoms with Gasteiger partial charge in [-0.15, -0.1) is 5.10 Å². The lowest BCUT2D eigenvalue weighted by atomic mass is 10.1. The average molecular weight is 387 g/mol. The number of hydrogen-bond donors (Lipinski definition) is 1. The number of carbonyl (C=O) groups is 2. The number of amides is 1. The predicted molar refractivity (Wildman–Crippen MR) is 101 cm³/mol. The number of carbonyl (C=O) groups excluding carboxylic acids is 2. The summed E-state index contributed by atoms with van der Waals surface area (Å²) in [5.41, 5.74) is 2.63. The largest absolute Gasteiger partial charge is 0.452 e. The molecule has 0 radical (unpaired) electrons. The van der Waals surface area contributed by atoms with Crippen molar-refractivity contribution < 1.29 is 14.3 Å². The second kappa shape index (κ2) is 8.18. The summed E-state index contributed by atoms with van der Waals surface area (Å²) in [4.78, 5) is 24.2. The third-order valence-corrected chi connectivity index (χ3v) is 4.34. The molecule has 0 aliphatic rings. The molecule has 3 rings (SSSR count). The van der Waals surface area contributed by atoms with Gasteiger partial charge in [-0.3, -0.25) is 4.79 Å². The first-order valence-corrected chi connectivity index (χ1v) is 8.91. The van der Waals surface area contributed by atoms with Crippen LogP contribution in [0.5, 0.6) is 0 Å². The highest BCUT2D eigenvalue weighted by atomic mass is 35.5. The van der Waals surface area contributed by atoms with Crippen molar-refractivity contribution in [2.75, 3.05) is 6.61 Å². The molecule has 0 saturated carbocycles. The van der Waals surface area contributed by atoms with E-state index in [0.717, 1.165) is 11.1 Å². The van der Waals surface area contributed by atoms with Crippen LogP contribution in [0.15, 0.2) is 42.5 Å². The van der Waals surface area contributed by atoms with Gasteiger partial charge in [-0.1, -0.05) is 28.9 Å². The quantitative estimate of drug-likeness (QED) is 0.658. The van der Waals surface area contributed by atoms with Crippen molar-refractivity contribution in [1.82, 2.24) is 20.3 Å². The minimum absolute atomic E-state index is 0.254. The fourth-order valence-corrected chi connectivity index (χ4v) is 2.89. The number of hydrogen-bond acceptors (Lipinski definition) is 5. The third-order valence-electron chi connectivity index (χ3n) is 4.11. The molecule has 1 amide bonds. The van der Waals surface area contributed by atoms with Crippen molar-refractivity contribution in [2.45, 2.75) is 26.4 Å². The Labute approximate surface area is 161 Å². The molecule has 0 spiro atoms. The van der Waals surface area contributed by atoms with Crippen molar-refractivity contribution in [3.8, 4) is 0 Å². The molecule has 0 fully saturated rings. The van der Waals surface area contributed by atoms with E-state index in [1.165, 1.54) is 0 Å². The van der Waals surface area contributed by atoms with Crippen molar-refractivity contribution in [1.29, 1.82) is 0 Å². The normalized spacial score (nSPS) is 12.0. The molecule has 0 aliphatic heterocycles. The molecule has 7 nitrogen and oxygen atoms in total. The lowest BCUT2D eigenvalue weighted by molar-refractivity contribution is -0.124. The number of aromatic nitrogens is 3. The first-order chi connectivity index (χ1) is 13.0. The smallest absolute Gasteiger partial charge is 0.338 e. The number of aryl methyl sites for hydroxylation is 1. The highest BCUT2D eigenvalue weighted by Crippen LogP contribution is 2.17. The maximum Gasteiger partial charge on any atom is 0.338 e. The van der Waals surface area contributed by atoms with Gasteiger partial charge in [-0.05, 0) is 49.7 Å². The van der Waals surface area contributed by atoms with Gasteiger partial charge in [0.15, 0.2) is 6.61 Å². The number of ether oxygens (including phenoxy) is 1. The Morgan fingerprint density at radius 2 is 2.07 bits per heavy atom. The number of benzene rings is 2. The molecule has 1 atom stereocenters. The van der Waals surface area contributed by atoms with Gasteiger partial charge in [0, 0.05) is 11.6 Å². The number of halogens is 1. The Morgan fingerprint density at radius 3 is 2.81 bits per heavy atom. The zero-order chi connectivity index (χ0) is 19.4. The van der Waals surface area contributed by atoms with Gasteiger partial charge in [0.1, 0.15) is 5.52 Å². The Hall–Kier alpha value is -2.93. The van der Waals surface area contributed by atoms with Crippen LogP contribution < -0.4 is 5.32 Å². The van der Waals surface area contributed by atoms with Gasteiger partial charge in [-0.2, -0.15) is 0 Å². The number of fused-ring (bicyclic) bond motifs is 1. The fraction of sp³-hybridized carbons (Fsp3) is 0.263. The molecule has 27 heavy (non-hydrogen) atoms. The van der Waals surface area contributed by atoms with E-state index in [0.29, 0.717) is 22.6 Å². The first kappa shape index (κ1) is 18.8. The van der Waals surface area contributed by atoms with Gasteiger partial charge in [0.2, 0.25) is 0 Å². The molecular formula is C19H19ClN4O3. The van der Waals surface area contributed by atoms with Gasteiger partial charge in [-0.25, -0.2) is 9.48 Å². The van der Waals surface area contributed by atoms with Crippen molar-refractivity contribution in [3.05, 3.63) is 58.6 Å². The van der Waals surface area contributed by atoms with Crippen LogP contribution in [-0.2, 0) is 16.1 Å². The zero-order valence-electron chi connectivity index (χ0n) is 15.0. The van der Waals surface area contributed by atoms with Gasteiger partial charge < -0.3 is 10.1 Å². The van der Waals surface area contributed by atoms with E-state index in [4.69, 9.17) is 16.3 Å². The van der Waals surface area contributed by atoms with Crippen molar-refractivity contribution in [2.24, 2.45) is 0 Å². The summed E-state index contributed by atoms with van der Waals surface area (Å²) in [5, 5.41) is 11.4. The molecule has 0 bridgehead atoms. The highest BCUT2D eigenvalue weighted by molar-refractivity contribution is 6.30. The number of rotatable bonds is 6. The summed E-state index contributed by atoms with van der Waals surface area (Å²) >= 11 is 5.96. The van der Waals surface area contributed by atoms with Crippen LogP contribution in [0.3, 0.4) is 0 Å². The fourth-order valence-electron chi connectivity index (χ4n) is 2.69. The Bertz CT molecular complexity index is 986. The van der Waals surface area contributed by atoms with E-state index in [-0.39, 0.29) is 12.6 Å². The van der Waals surface area contributed by atoms with Crippen LogP contribution in [-0.4, -0.2) is 33.5 Å². The summed E-state index contributed by atoms with van der Waals surface area (Å²) in [6.07, 6.45) is 0. The summed E-state index contributed by atoms with van der Waals surface area (Å²) < 4.78 is 6.83. The van der Waals surface area contributed by atoms with E-state index in [9.17, 15) is 9.59 Å². The van der Waals surface area contributed by atoms with Gasteiger partial charge >= 0.3 is 5.97 Å². The molecule has 2 aromatic carbocycles. The van der Waals surface area contributed by atoms with E-state index < -0.39 is 11.9 Å². The van der Waals surface area contributed by atoms with Crippen LogP contribution in [0, 0.1) is 0 Å². The summed E-state index contributed by atoms with van der Waals surface area (Å²) in [7, 11) is 0. The number of nitrogens with zero attached hydrogens (tertiary/aromatic N) is 3. The minimum atomic E-state index is -0.589. The molecule has 140 valence electrons. The van der Waals surface area contributed by atoms with E-state index in [1.807, 2.05) is 26.0 Å². The molecule has 1 aromatic heterocycles. The van der Waals surface area contributed by atoms with E-state index in [1.54, 1.807) is 35.0 Å². The molecule has 3 aromatic rings. The predicted octanol–water partition coefficient (Wildman–Crippen LogP) is 3.14. The average Bonchev–Trinajstić information content (AvgIpc) is 3.08.